The van der Waals surface area contributed by atoms with Gasteiger partial charge in [-0.25, -0.2) is 0 Å². The molecular formula is C17H26N2O. The van der Waals surface area contributed by atoms with E-state index in [0.717, 1.165) is 42.7 Å². The summed E-state index contributed by atoms with van der Waals surface area (Å²) >= 11 is 0. The lowest BCUT2D eigenvalue weighted by Gasteiger charge is -2.34. The van der Waals surface area contributed by atoms with E-state index < -0.39 is 0 Å². The highest BCUT2D eigenvalue weighted by Gasteiger charge is 2.27. The van der Waals surface area contributed by atoms with Gasteiger partial charge < -0.3 is 10.2 Å². The smallest absolute Gasteiger partial charge is 0.228 e. The predicted molar refractivity (Wildman–Crippen MR) is 84.0 cm³/mol. The topological polar surface area (TPSA) is 32.3 Å². The number of para-hydroxylation sites is 1. The molecule has 1 amide bonds. The minimum Gasteiger partial charge on any atom is -0.325 e. The SMILES string of the molecule is Cc1cccc(C)c1NC(=O)C1CCCN(C(C)C)C1. The van der Waals surface area contributed by atoms with Gasteiger partial charge in [-0.15, -0.1) is 0 Å². The van der Waals surface area contributed by atoms with Gasteiger partial charge in [-0.3, -0.25) is 4.79 Å². The molecule has 20 heavy (non-hydrogen) atoms. The molecule has 0 saturated carbocycles. The monoisotopic (exact) mass is 274 g/mol. The molecule has 0 radical (unpaired) electrons. The zero-order valence-corrected chi connectivity index (χ0v) is 13.1. The maximum absolute atomic E-state index is 12.5. The van der Waals surface area contributed by atoms with Crippen molar-refractivity contribution in [2.75, 3.05) is 18.4 Å². The summed E-state index contributed by atoms with van der Waals surface area (Å²) in [4.78, 5) is 14.9. The van der Waals surface area contributed by atoms with Crippen molar-refractivity contribution in [2.45, 2.75) is 46.6 Å². The Morgan fingerprint density at radius 1 is 1.30 bits per heavy atom. The molecule has 110 valence electrons. The van der Waals surface area contributed by atoms with Crippen LogP contribution >= 0.6 is 0 Å². The van der Waals surface area contributed by atoms with Crippen molar-refractivity contribution < 1.29 is 4.79 Å². The van der Waals surface area contributed by atoms with Gasteiger partial charge >= 0.3 is 0 Å². The fraction of sp³-hybridized carbons (Fsp3) is 0.588. The molecule has 1 unspecified atom stereocenters. The van der Waals surface area contributed by atoms with Crippen LogP contribution in [0.25, 0.3) is 0 Å². The van der Waals surface area contributed by atoms with E-state index in [2.05, 4.69) is 24.1 Å². The molecule has 1 N–H and O–H groups in total. The number of benzene rings is 1. The molecule has 1 fully saturated rings. The lowest BCUT2D eigenvalue weighted by molar-refractivity contribution is -0.121. The average Bonchev–Trinajstić information content (AvgIpc) is 2.43. The number of nitrogens with zero attached hydrogens (tertiary/aromatic N) is 1. The van der Waals surface area contributed by atoms with E-state index in [4.69, 9.17) is 0 Å². The zero-order valence-electron chi connectivity index (χ0n) is 13.1. The van der Waals surface area contributed by atoms with Crippen molar-refractivity contribution in [3.8, 4) is 0 Å². The molecule has 0 aliphatic carbocycles. The van der Waals surface area contributed by atoms with E-state index in [0.29, 0.717) is 6.04 Å². The van der Waals surface area contributed by atoms with Crippen LogP contribution in [0.2, 0.25) is 0 Å². The standard InChI is InChI=1S/C17H26N2O/c1-12(2)19-10-6-9-15(11-19)17(20)18-16-13(3)7-5-8-14(16)4/h5,7-8,12,15H,6,9-11H2,1-4H3,(H,18,20). The van der Waals surface area contributed by atoms with Crippen LogP contribution in [0, 0.1) is 19.8 Å². The number of aryl methyl sites for hydroxylation is 2. The van der Waals surface area contributed by atoms with Gasteiger partial charge in [0, 0.05) is 18.3 Å². The number of carbonyl (C=O) groups is 1. The first-order valence-electron chi connectivity index (χ1n) is 7.60. The molecular weight excluding hydrogens is 248 g/mol. The van der Waals surface area contributed by atoms with E-state index in [1.807, 2.05) is 32.0 Å². The number of anilines is 1. The number of rotatable bonds is 3. The van der Waals surface area contributed by atoms with Crippen molar-refractivity contribution in [1.82, 2.24) is 4.90 Å². The Hall–Kier alpha value is -1.35. The highest BCUT2D eigenvalue weighted by atomic mass is 16.1. The van der Waals surface area contributed by atoms with Crippen molar-refractivity contribution >= 4 is 11.6 Å². The first-order valence-corrected chi connectivity index (χ1v) is 7.60. The van der Waals surface area contributed by atoms with E-state index in [9.17, 15) is 4.79 Å². The fourth-order valence-corrected chi connectivity index (χ4v) is 2.93. The van der Waals surface area contributed by atoms with Gasteiger partial charge in [0.2, 0.25) is 5.91 Å². The minimum atomic E-state index is 0.116. The summed E-state index contributed by atoms with van der Waals surface area (Å²) in [6, 6.07) is 6.64. The fourth-order valence-electron chi connectivity index (χ4n) is 2.93. The second-order valence-corrected chi connectivity index (χ2v) is 6.18. The van der Waals surface area contributed by atoms with E-state index in [1.54, 1.807) is 0 Å². The summed E-state index contributed by atoms with van der Waals surface area (Å²) in [5.74, 6) is 0.290. The van der Waals surface area contributed by atoms with Crippen molar-refractivity contribution in [3.05, 3.63) is 29.3 Å². The first-order chi connectivity index (χ1) is 9.49. The average molecular weight is 274 g/mol. The van der Waals surface area contributed by atoms with Crippen LogP contribution in [0.15, 0.2) is 18.2 Å². The van der Waals surface area contributed by atoms with Crippen LogP contribution in [0.1, 0.15) is 37.8 Å². The first kappa shape index (κ1) is 15.0. The summed E-state index contributed by atoms with van der Waals surface area (Å²) in [6.45, 7) is 10.5. The normalized spacial score (nSPS) is 20.1. The van der Waals surface area contributed by atoms with Crippen LogP contribution < -0.4 is 5.32 Å². The Balaban J connectivity index is 2.05. The quantitative estimate of drug-likeness (QED) is 0.916. The molecule has 0 spiro atoms. The Labute approximate surface area is 122 Å². The van der Waals surface area contributed by atoms with E-state index in [1.165, 1.54) is 0 Å². The third-order valence-corrected chi connectivity index (χ3v) is 4.28. The van der Waals surface area contributed by atoms with Gasteiger partial charge in [0.15, 0.2) is 0 Å². The molecule has 1 aromatic rings. The molecule has 1 aliphatic heterocycles. The molecule has 3 heteroatoms. The van der Waals surface area contributed by atoms with Crippen LogP contribution in [0.5, 0.6) is 0 Å². The van der Waals surface area contributed by atoms with Gasteiger partial charge in [0.25, 0.3) is 0 Å². The summed E-state index contributed by atoms with van der Waals surface area (Å²) in [5, 5.41) is 3.14. The summed E-state index contributed by atoms with van der Waals surface area (Å²) in [7, 11) is 0. The summed E-state index contributed by atoms with van der Waals surface area (Å²) in [5.41, 5.74) is 3.25. The van der Waals surface area contributed by atoms with Crippen molar-refractivity contribution in [3.63, 3.8) is 0 Å². The Bertz CT molecular complexity index is 462. The lowest BCUT2D eigenvalue weighted by Crippen LogP contribution is -2.43. The van der Waals surface area contributed by atoms with Crippen LogP contribution in [0.4, 0.5) is 5.69 Å². The predicted octanol–water partition coefficient (Wildman–Crippen LogP) is 3.36. The lowest BCUT2D eigenvalue weighted by atomic mass is 9.95. The number of hydrogen-bond donors (Lipinski definition) is 1. The molecule has 1 atom stereocenters. The van der Waals surface area contributed by atoms with Gasteiger partial charge in [-0.1, -0.05) is 18.2 Å². The summed E-state index contributed by atoms with van der Waals surface area (Å²) in [6.07, 6.45) is 2.11. The largest absolute Gasteiger partial charge is 0.325 e. The summed E-state index contributed by atoms with van der Waals surface area (Å²) < 4.78 is 0. The molecule has 2 rings (SSSR count). The Kier molecular flexibility index (Phi) is 4.81. The number of piperidine rings is 1. The number of likely N-dealkylation sites (tertiary alicyclic amines) is 1. The molecule has 3 nitrogen and oxygen atoms in total. The van der Waals surface area contributed by atoms with Crippen molar-refractivity contribution in [1.29, 1.82) is 0 Å². The van der Waals surface area contributed by atoms with Crippen LogP contribution in [0.3, 0.4) is 0 Å². The van der Waals surface area contributed by atoms with Crippen molar-refractivity contribution in [2.24, 2.45) is 5.92 Å². The van der Waals surface area contributed by atoms with Crippen LogP contribution in [-0.2, 0) is 4.79 Å². The number of amides is 1. The molecule has 1 aromatic carbocycles. The highest BCUT2D eigenvalue weighted by molar-refractivity contribution is 5.94. The van der Waals surface area contributed by atoms with E-state index >= 15 is 0 Å². The molecule has 0 bridgehead atoms. The molecule has 1 aliphatic rings. The third kappa shape index (κ3) is 3.40. The number of nitrogens with one attached hydrogen (secondary N) is 1. The highest BCUT2D eigenvalue weighted by Crippen LogP contribution is 2.23. The van der Waals surface area contributed by atoms with Gasteiger partial charge in [-0.05, 0) is 58.2 Å². The maximum Gasteiger partial charge on any atom is 0.228 e. The van der Waals surface area contributed by atoms with Gasteiger partial charge in [0.1, 0.15) is 0 Å². The third-order valence-electron chi connectivity index (χ3n) is 4.28. The molecule has 1 saturated heterocycles. The Morgan fingerprint density at radius 2 is 1.95 bits per heavy atom. The number of hydrogen-bond acceptors (Lipinski definition) is 2. The molecule has 0 aromatic heterocycles. The zero-order chi connectivity index (χ0) is 14.7. The maximum atomic E-state index is 12.5. The van der Waals surface area contributed by atoms with E-state index in [-0.39, 0.29) is 11.8 Å². The molecule has 1 heterocycles. The number of carbonyl (C=O) groups excluding carboxylic acids is 1. The van der Waals surface area contributed by atoms with Crippen LogP contribution in [-0.4, -0.2) is 29.9 Å². The van der Waals surface area contributed by atoms with Gasteiger partial charge in [0.05, 0.1) is 5.92 Å². The Morgan fingerprint density at radius 3 is 2.55 bits per heavy atom. The second kappa shape index (κ2) is 6.40. The van der Waals surface area contributed by atoms with Gasteiger partial charge in [-0.2, -0.15) is 0 Å². The second-order valence-electron chi connectivity index (χ2n) is 6.18. The minimum absolute atomic E-state index is 0.116.